The van der Waals surface area contributed by atoms with E-state index in [9.17, 15) is 4.79 Å². The van der Waals surface area contributed by atoms with Crippen LogP contribution >= 0.6 is 0 Å². The fourth-order valence-electron chi connectivity index (χ4n) is 3.78. The van der Waals surface area contributed by atoms with Crippen LogP contribution < -0.4 is 5.56 Å². The van der Waals surface area contributed by atoms with Crippen molar-refractivity contribution in [2.45, 2.75) is 57.5 Å². The maximum Gasteiger partial charge on any atom is 0.276 e. The zero-order valence-corrected chi connectivity index (χ0v) is 10.9. The molecule has 0 spiro atoms. The second-order valence-corrected chi connectivity index (χ2v) is 5.91. The number of nitrogens with zero attached hydrogens (tertiary/aromatic N) is 2. The first-order valence-electron chi connectivity index (χ1n) is 7.06. The molecular weight excluding hydrogens is 226 g/mol. The summed E-state index contributed by atoms with van der Waals surface area (Å²) in [5, 5.41) is 4.24. The Morgan fingerprint density at radius 1 is 1.50 bits per heavy atom. The Morgan fingerprint density at radius 2 is 2.33 bits per heavy atom. The normalized spacial score (nSPS) is 27.0. The van der Waals surface area contributed by atoms with Gasteiger partial charge in [-0.25, -0.2) is 4.68 Å². The van der Waals surface area contributed by atoms with Gasteiger partial charge >= 0.3 is 0 Å². The monoisotopic (exact) mass is 245 g/mol. The number of nitrogens with one attached hydrogen (secondary N) is 1. The SMILES string of the molecule is CCC(C)n1[nH]c2c(cc3n2C2CCC3C2)c1=O. The maximum absolute atomic E-state index is 12.4. The second kappa shape index (κ2) is 3.31. The van der Waals surface area contributed by atoms with Gasteiger partial charge < -0.3 is 4.57 Å². The van der Waals surface area contributed by atoms with E-state index < -0.39 is 0 Å². The molecule has 1 aliphatic carbocycles. The van der Waals surface area contributed by atoms with E-state index in [0.717, 1.165) is 17.5 Å². The number of aromatic amines is 1. The Hall–Kier alpha value is -1.45. The topological polar surface area (TPSA) is 42.7 Å². The molecule has 2 aromatic heterocycles. The summed E-state index contributed by atoms with van der Waals surface area (Å²) in [6.45, 7) is 4.20. The molecule has 1 saturated carbocycles. The molecule has 4 nitrogen and oxygen atoms in total. The minimum atomic E-state index is 0.153. The van der Waals surface area contributed by atoms with Crippen LogP contribution in [0, 0.1) is 0 Å². The lowest BCUT2D eigenvalue weighted by Crippen LogP contribution is -2.20. The van der Waals surface area contributed by atoms with Crippen molar-refractivity contribution >= 4 is 11.0 Å². The molecule has 1 N–H and O–H groups in total. The summed E-state index contributed by atoms with van der Waals surface area (Å²) in [6.07, 6.45) is 4.83. The molecule has 0 saturated heterocycles. The van der Waals surface area contributed by atoms with Crippen LogP contribution in [0.3, 0.4) is 0 Å². The van der Waals surface area contributed by atoms with Crippen molar-refractivity contribution in [1.29, 1.82) is 0 Å². The molecule has 1 fully saturated rings. The van der Waals surface area contributed by atoms with Crippen LogP contribution in [0.5, 0.6) is 0 Å². The molecule has 0 amide bonds. The van der Waals surface area contributed by atoms with Crippen LogP contribution in [0.2, 0.25) is 0 Å². The lowest BCUT2D eigenvalue weighted by Gasteiger charge is -2.15. The zero-order valence-electron chi connectivity index (χ0n) is 10.9. The van der Waals surface area contributed by atoms with Gasteiger partial charge in [-0.05, 0) is 38.7 Å². The molecule has 2 bridgehead atoms. The van der Waals surface area contributed by atoms with Gasteiger partial charge in [0.05, 0.1) is 11.4 Å². The molecule has 2 aliphatic rings. The smallest absolute Gasteiger partial charge is 0.276 e. The van der Waals surface area contributed by atoms with Gasteiger partial charge in [-0.15, -0.1) is 0 Å². The molecule has 3 unspecified atom stereocenters. The van der Waals surface area contributed by atoms with Gasteiger partial charge in [0, 0.05) is 17.7 Å². The van der Waals surface area contributed by atoms with Crippen LogP contribution in [0.1, 0.15) is 63.2 Å². The molecule has 3 atom stereocenters. The molecule has 3 heterocycles. The standard InChI is InChI=1S/C14H19N3O/c1-3-8(2)17-14(18)11-7-12-9-4-5-10(6-9)16(12)13(11)15-17/h7-10,15H,3-6H2,1-2H3. The highest BCUT2D eigenvalue weighted by molar-refractivity contribution is 5.78. The fourth-order valence-corrected chi connectivity index (χ4v) is 3.78. The fraction of sp³-hybridized carbons (Fsp3) is 0.643. The van der Waals surface area contributed by atoms with Crippen molar-refractivity contribution in [3.8, 4) is 0 Å². The van der Waals surface area contributed by atoms with Crippen molar-refractivity contribution in [2.75, 3.05) is 0 Å². The summed E-state index contributed by atoms with van der Waals surface area (Å²) in [6, 6.07) is 3.02. The Labute approximate surface area is 106 Å². The third-order valence-corrected chi connectivity index (χ3v) is 4.96. The summed E-state index contributed by atoms with van der Waals surface area (Å²) >= 11 is 0. The Bertz CT molecular complexity index is 675. The highest BCUT2D eigenvalue weighted by atomic mass is 16.1. The van der Waals surface area contributed by atoms with E-state index in [1.54, 1.807) is 4.68 Å². The number of hydrogen-bond donors (Lipinski definition) is 1. The summed E-state index contributed by atoms with van der Waals surface area (Å²) in [7, 11) is 0. The maximum atomic E-state index is 12.4. The summed E-state index contributed by atoms with van der Waals surface area (Å²) in [4.78, 5) is 12.4. The highest BCUT2D eigenvalue weighted by Gasteiger charge is 2.39. The van der Waals surface area contributed by atoms with Crippen LogP contribution in [0.15, 0.2) is 10.9 Å². The molecule has 2 aromatic rings. The van der Waals surface area contributed by atoms with Crippen LogP contribution in [0.25, 0.3) is 11.0 Å². The molecule has 4 rings (SSSR count). The van der Waals surface area contributed by atoms with Crippen molar-refractivity contribution in [3.63, 3.8) is 0 Å². The predicted molar refractivity (Wildman–Crippen MR) is 71.2 cm³/mol. The number of H-pyrrole nitrogens is 1. The van der Waals surface area contributed by atoms with E-state index in [0.29, 0.717) is 12.0 Å². The Morgan fingerprint density at radius 3 is 3.11 bits per heavy atom. The van der Waals surface area contributed by atoms with Crippen molar-refractivity contribution in [3.05, 3.63) is 22.1 Å². The third kappa shape index (κ3) is 1.09. The molecular formula is C14H19N3O. The summed E-state index contributed by atoms with van der Waals surface area (Å²) < 4.78 is 4.19. The van der Waals surface area contributed by atoms with Gasteiger partial charge in [0.1, 0.15) is 5.65 Å². The first-order valence-corrected chi connectivity index (χ1v) is 7.06. The number of aromatic nitrogens is 3. The summed E-state index contributed by atoms with van der Waals surface area (Å²) in [5.41, 5.74) is 2.60. The highest BCUT2D eigenvalue weighted by Crippen LogP contribution is 2.50. The van der Waals surface area contributed by atoms with Crippen molar-refractivity contribution < 1.29 is 0 Å². The summed E-state index contributed by atoms with van der Waals surface area (Å²) in [5.74, 6) is 0.701. The molecule has 0 aromatic carbocycles. The first-order chi connectivity index (χ1) is 8.70. The molecule has 1 aliphatic heterocycles. The number of fused-ring (bicyclic) bond motifs is 7. The van der Waals surface area contributed by atoms with Crippen molar-refractivity contribution in [2.24, 2.45) is 0 Å². The van der Waals surface area contributed by atoms with E-state index in [-0.39, 0.29) is 11.6 Å². The van der Waals surface area contributed by atoms with E-state index in [1.807, 2.05) is 0 Å². The van der Waals surface area contributed by atoms with E-state index in [4.69, 9.17) is 0 Å². The second-order valence-electron chi connectivity index (χ2n) is 5.91. The van der Waals surface area contributed by atoms with Crippen LogP contribution in [0.4, 0.5) is 0 Å². The van der Waals surface area contributed by atoms with Crippen molar-refractivity contribution in [1.82, 2.24) is 14.3 Å². The van der Waals surface area contributed by atoms with Gasteiger partial charge in [0.15, 0.2) is 0 Å². The average Bonchev–Trinajstić information content (AvgIpc) is 3.07. The third-order valence-electron chi connectivity index (χ3n) is 4.96. The molecule has 0 radical (unpaired) electrons. The van der Waals surface area contributed by atoms with Gasteiger partial charge in [-0.3, -0.25) is 9.89 Å². The van der Waals surface area contributed by atoms with E-state index in [1.165, 1.54) is 25.0 Å². The van der Waals surface area contributed by atoms with Gasteiger partial charge in [0.25, 0.3) is 5.56 Å². The average molecular weight is 245 g/mol. The first kappa shape index (κ1) is 10.5. The van der Waals surface area contributed by atoms with Gasteiger partial charge in [-0.2, -0.15) is 0 Å². The quantitative estimate of drug-likeness (QED) is 0.868. The molecule has 4 heteroatoms. The van der Waals surface area contributed by atoms with Gasteiger partial charge in [0.2, 0.25) is 0 Å². The minimum absolute atomic E-state index is 0.153. The Balaban J connectivity index is 1.97. The van der Waals surface area contributed by atoms with E-state index >= 15 is 0 Å². The van der Waals surface area contributed by atoms with E-state index in [2.05, 4.69) is 29.6 Å². The zero-order chi connectivity index (χ0) is 12.4. The minimum Gasteiger partial charge on any atom is -0.327 e. The van der Waals surface area contributed by atoms with Crippen LogP contribution in [-0.2, 0) is 0 Å². The van der Waals surface area contributed by atoms with Gasteiger partial charge in [-0.1, -0.05) is 6.92 Å². The lowest BCUT2D eigenvalue weighted by atomic mass is 10.1. The molecule has 18 heavy (non-hydrogen) atoms. The number of rotatable bonds is 2. The Kier molecular flexibility index (Phi) is 1.92. The number of hydrogen-bond acceptors (Lipinski definition) is 1. The lowest BCUT2D eigenvalue weighted by molar-refractivity contribution is 0.462. The largest absolute Gasteiger partial charge is 0.327 e. The molecule has 96 valence electrons. The predicted octanol–water partition coefficient (Wildman–Crippen LogP) is 2.92. The van der Waals surface area contributed by atoms with Crippen LogP contribution in [-0.4, -0.2) is 14.3 Å².